The summed E-state index contributed by atoms with van der Waals surface area (Å²) in [4.78, 5) is 15.7. The Bertz CT molecular complexity index is 997. The number of aromatic nitrogens is 4. The first kappa shape index (κ1) is 19.7. The lowest BCUT2D eigenvalue weighted by molar-refractivity contribution is 0.122. The van der Waals surface area contributed by atoms with Crippen LogP contribution < -0.4 is 10.2 Å². The summed E-state index contributed by atoms with van der Waals surface area (Å²) in [5, 5.41) is 3.96. The van der Waals surface area contributed by atoms with Crippen LogP contribution >= 0.6 is 11.6 Å². The summed E-state index contributed by atoms with van der Waals surface area (Å²) < 4.78 is 7.58. The first-order valence-electron chi connectivity index (χ1n) is 9.79. The Labute approximate surface area is 175 Å². The number of benzene rings is 1. The molecule has 0 spiro atoms. The lowest BCUT2D eigenvalue weighted by Crippen LogP contribution is -2.36. The molecule has 0 atom stereocenters. The second kappa shape index (κ2) is 8.39. The minimum Gasteiger partial charge on any atom is -0.378 e. The van der Waals surface area contributed by atoms with E-state index in [2.05, 4.69) is 43.6 Å². The molecule has 7 nitrogen and oxygen atoms in total. The van der Waals surface area contributed by atoms with Gasteiger partial charge in [-0.2, -0.15) is 0 Å². The monoisotopic (exact) mass is 412 g/mol. The molecule has 0 bridgehead atoms. The van der Waals surface area contributed by atoms with Gasteiger partial charge in [0.05, 0.1) is 41.5 Å². The standard InChI is InChI=1S/C21H25ClN6O/c1-14(2)28-15(3)24-13-20(28)18-6-7-23-21(26-18)25-16-4-5-19(17(22)12-16)27-8-10-29-11-9-27/h4-7,12-14H,8-11H2,1-3H3,(H,23,25,26). The molecule has 0 unspecified atom stereocenters. The van der Waals surface area contributed by atoms with E-state index in [1.54, 1.807) is 6.20 Å². The van der Waals surface area contributed by atoms with Crippen LogP contribution in [0.4, 0.5) is 17.3 Å². The Balaban J connectivity index is 1.56. The molecule has 1 fully saturated rings. The number of nitrogens with zero attached hydrogens (tertiary/aromatic N) is 5. The van der Waals surface area contributed by atoms with Crippen LogP contribution in [0.2, 0.25) is 5.02 Å². The third-order valence-electron chi connectivity index (χ3n) is 4.97. The summed E-state index contributed by atoms with van der Waals surface area (Å²) in [7, 11) is 0. The minimum atomic E-state index is 0.297. The smallest absolute Gasteiger partial charge is 0.227 e. The number of rotatable bonds is 5. The van der Waals surface area contributed by atoms with Gasteiger partial charge in [-0.25, -0.2) is 15.0 Å². The molecule has 4 rings (SSSR count). The average Bonchev–Trinajstić information content (AvgIpc) is 3.11. The van der Waals surface area contributed by atoms with E-state index < -0.39 is 0 Å². The third-order valence-corrected chi connectivity index (χ3v) is 5.27. The van der Waals surface area contributed by atoms with Gasteiger partial charge in [0.2, 0.25) is 5.95 Å². The van der Waals surface area contributed by atoms with Crippen molar-refractivity contribution in [1.29, 1.82) is 0 Å². The van der Waals surface area contributed by atoms with Crippen molar-refractivity contribution >= 4 is 28.9 Å². The van der Waals surface area contributed by atoms with Crippen LogP contribution in [-0.4, -0.2) is 45.8 Å². The van der Waals surface area contributed by atoms with Crippen molar-refractivity contribution in [2.75, 3.05) is 36.5 Å². The molecule has 152 valence electrons. The van der Waals surface area contributed by atoms with E-state index in [1.807, 2.05) is 37.4 Å². The fraction of sp³-hybridized carbons (Fsp3) is 0.381. The van der Waals surface area contributed by atoms with Crippen LogP contribution in [0, 0.1) is 6.92 Å². The molecule has 0 amide bonds. The number of aryl methyl sites for hydroxylation is 1. The number of anilines is 3. The maximum atomic E-state index is 6.54. The summed E-state index contributed by atoms with van der Waals surface area (Å²) in [6, 6.07) is 8.12. The van der Waals surface area contributed by atoms with E-state index >= 15 is 0 Å². The van der Waals surface area contributed by atoms with Crippen LogP contribution in [0.3, 0.4) is 0 Å². The fourth-order valence-electron chi connectivity index (χ4n) is 3.63. The van der Waals surface area contributed by atoms with Crippen molar-refractivity contribution in [3.8, 4) is 11.4 Å². The highest BCUT2D eigenvalue weighted by atomic mass is 35.5. The van der Waals surface area contributed by atoms with E-state index in [0.29, 0.717) is 17.0 Å². The maximum Gasteiger partial charge on any atom is 0.227 e. The van der Waals surface area contributed by atoms with Crippen LogP contribution in [-0.2, 0) is 4.74 Å². The number of hydrogen-bond donors (Lipinski definition) is 1. The number of ether oxygens (including phenoxy) is 1. The maximum absolute atomic E-state index is 6.54. The van der Waals surface area contributed by atoms with Gasteiger partial charge in [0, 0.05) is 31.0 Å². The molecule has 0 radical (unpaired) electrons. The number of halogens is 1. The summed E-state index contributed by atoms with van der Waals surface area (Å²) >= 11 is 6.54. The van der Waals surface area contributed by atoms with E-state index in [0.717, 1.165) is 54.9 Å². The van der Waals surface area contributed by atoms with E-state index in [4.69, 9.17) is 16.3 Å². The Morgan fingerprint density at radius 1 is 1.14 bits per heavy atom. The van der Waals surface area contributed by atoms with Gasteiger partial charge in [-0.1, -0.05) is 11.6 Å². The quantitative estimate of drug-likeness (QED) is 0.667. The number of hydrogen-bond acceptors (Lipinski definition) is 6. The Hall–Kier alpha value is -2.64. The molecule has 0 aliphatic carbocycles. The van der Waals surface area contributed by atoms with Gasteiger partial charge >= 0.3 is 0 Å². The molecule has 1 aromatic carbocycles. The molecule has 1 saturated heterocycles. The van der Waals surface area contributed by atoms with E-state index in [9.17, 15) is 0 Å². The van der Waals surface area contributed by atoms with Crippen molar-refractivity contribution in [3.63, 3.8) is 0 Å². The molecule has 8 heteroatoms. The molecule has 3 aromatic rings. The first-order chi connectivity index (χ1) is 14.0. The Kier molecular flexibility index (Phi) is 5.69. The SMILES string of the molecule is Cc1ncc(-c2ccnc(Nc3ccc(N4CCOCC4)c(Cl)c3)n2)n1C(C)C. The first-order valence-corrected chi connectivity index (χ1v) is 10.2. The van der Waals surface area contributed by atoms with Crippen molar-refractivity contribution < 1.29 is 4.74 Å². The lowest BCUT2D eigenvalue weighted by atomic mass is 10.2. The molecule has 29 heavy (non-hydrogen) atoms. The number of nitrogens with one attached hydrogen (secondary N) is 1. The normalized spacial score (nSPS) is 14.4. The van der Waals surface area contributed by atoms with Crippen LogP contribution in [0.1, 0.15) is 25.7 Å². The average molecular weight is 413 g/mol. The summed E-state index contributed by atoms with van der Waals surface area (Å²) in [6.07, 6.45) is 3.61. The second-order valence-corrected chi connectivity index (χ2v) is 7.72. The molecule has 1 aliphatic rings. The van der Waals surface area contributed by atoms with Crippen LogP contribution in [0.5, 0.6) is 0 Å². The zero-order valence-corrected chi connectivity index (χ0v) is 17.6. The summed E-state index contributed by atoms with van der Waals surface area (Å²) in [6.45, 7) is 9.42. The second-order valence-electron chi connectivity index (χ2n) is 7.31. The highest BCUT2D eigenvalue weighted by Gasteiger charge is 2.16. The summed E-state index contributed by atoms with van der Waals surface area (Å²) in [5.41, 5.74) is 3.67. The lowest BCUT2D eigenvalue weighted by Gasteiger charge is -2.29. The van der Waals surface area contributed by atoms with E-state index in [1.165, 1.54) is 0 Å². The van der Waals surface area contributed by atoms with Crippen molar-refractivity contribution in [2.24, 2.45) is 0 Å². The molecule has 1 N–H and O–H groups in total. The summed E-state index contributed by atoms with van der Waals surface area (Å²) in [5.74, 6) is 1.49. The van der Waals surface area contributed by atoms with Gasteiger partial charge in [0.15, 0.2) is 0 Å². The highest BCUT2D eigenvalue weighted by Crippen LogP contribution is 2.30. The molecule has 1 aliphatic heterocycles. The van der Waals surface area contributed by atoms with Crippen LogP contribution in [0.25, 0.3) is 11.4 Å². The largest absolute Gasteiger partial charge is 0.378 e. The zero-order valence-electron chi connectivity index (χ0n) is 16.9. The van der Waals surface area contributed by atoms with Gasteiger partial charge < -0.3 is 19.5 Å². The fourth-order valence-corrected chi connectivity index (χ4v) is 3.93. The van der Waals surface area contributed by atoms with Crippen molar-refractivity contribution in [2.45, 2.75) is 26.8 Å². The topological polar surface area (TPSA) is 68.1 Å². The molecular formula is C21H25ClN6O. The molecule has 2 aromatic heterocycles. The third kappa shape index (κ3) is 4.21. The minimum absolute atomic E-state index is 0.297. The van der Waals surface area contributed by atoms with Crippen LogP contribution in [0.15, 0.2) is 36.7 Å². The predicted molar refractivity (Wildman–Crippen MR) is 116 cm³/mol. The number of morpholine rings is 1. The highest BCUT2D eigenvalue weighted by molar-refractivity contribution is 6.33. The van der Waals surface area contributed by atoms with Gasteiger partial charge in [0.1, 0.15) is 5.82 Å². The van der Waals surface area contributed by atoms with Crippen molar-refractivity contribution in [3.05, 3.63) is 47.5 Å². The molecule has 0 saturated carbocycles. The van der Waals surface area contributed by atoms with Gasteiger partial charge in [0.25, 0.3) is 0 Å². The van der Waals surface area contributed by atoms with E-state index in [-0.39, 0.29) is 0 Å². The number of imidazole rings is 1. The Morgan fingerprint density at radius 3 is 2.66 bits per heavy atom. The predicted octanol–water partition coefficient (Wildman–Crippen LogP) is 4.46. The molecular weight excluding hydrogens is 388 g/mol. The Morgan fingerprint density at radius 2 is 1.93 bits per heavy atom. The van der Waals surface area contributed by atoms with Crippen molar-refractivity contribution in [1.82, 2.24) is 19.5 Å². The zero-order chi connectivity index (χ0) is 20.4. The van der Waals surface area contributed by atoms with Gasteiger partial charge in [-0.05, 0) is 45.0 Å². The molecule has 3 heterocycles. The van der Waals surface area contributed by atoms with Gasteiger partial charge in [-0.15, -0.1) is 0 Å². The van der Waals surface area contributed by atoms with Gasteiger partial charge in [-0.3, -0.25) is 0 Å².